The van der Waals surface area contributed by atoms with Crippen LogP contribution in [0.15, 0.2) is 0 Å². The van der Waals surface area contributed by atoms with Crippen molar-refractivity contribution in [3.8, 4) is 0 Å². The van der Waals surface area contributed by atoms with Crippen molar-refractivity contribution < 1.29 is 14.4 Å². The van der Waals surface area contributed by atoms with E-state index >= 15 is 0 Å². The summed E-state index contributed by atoms with van der Waals surface area (Å²) in [7, 11) is -4.03. The average molecular weight is 320 g/mol. The minimum absolute atomic E-state index is 0.0226. The van der Waals surface area contributed by atoms with E-state index in [1.165, 1.54) is 0 Å². The molecule has 1 saturated heterocycles. The van der Waals surface area contributed by atoms with Crippen LogP contribution in [0.25, 0.3) is 0 Å². The van der Waals surface area contributed by atoms with Crippen LogP contribution in [0.1, 0.15) is 67.2 Å². The van der Waals surface area contributed by atoms with Crippen LogP contribution in [0.3, 0.4) is 0 Å². The Morgan fingerprint density at radius 1 is 1.14 bits per heavy atom. The van der Waals surface area contributed by atoms with Gasteiger partial charge < -0.3 is 20.4 Å². The van der Waals surface area contributed by atoms with Crippen molar-refractivity contribution in [1.29, 1.82) is 0 Å². The lowest BCUT2D eigenvalue weighted by molar-refractivity contribution is 0.122. The minimum atomic E-state index is -4.03. The molecule has 1 rings (SSSR count). The summed E-state index contributed by atoms with van der Waals surface area (Å²) >= 11 is 0. The van der Waals surface area contributed by atoms with Gasteiger partial charge in [-0.3, -0.25) is 4.57 Å². The van der Waals surface area contributed by atoms with Crippen LogP contribution in [-0.2, 0) is 4.57 Å². The molecule has 1 aliphatic heterocycles. The van der Waals surface area contributed by atoms with Gasteiger partial charge in [-0.05, 0) is 53.4 Å². The van der Waals surface area contributed by atoms with Gasteiger partial charge in [-0.1, -0.05) is 13.8 Å². The maximum atomic E-state index is 11.5. The van der Waals surface area contributed by atoms with E-state index < -0.39 is 13.1 Å². The molecular weight excluding hydrogens is 287 g/mol. The summed E-state index contributed by atoms with van der Waals surface area (Å²) in [5, 5.41) is 7.24. The Balaban J connectivity index is 2.91. The molecule has 21 heavy (non-hydrogen) atoms. The first-order valence-corrected chi connectivity index (χ1v) is 9.73. The van der Waals surface area contributed by atoms with E-state index in [4.69, 9.17) is 0 Å². The molecule has 1 fully saturated rings. The Morgan fingerprint density at radius 2 is 1.57 bits per heavy atom. The zero-order chi connectivity index (χ0) is 16.5. The van der Waals surface area contributed by atoms with E-state index in [0.29, 0.717) is 0 Å². The van der Waals surface area contributed by atoms with E-state index in [2.05, 4.69) is 38.3 Å². The Bertz CT molecular complexity index is 384. The molecule has 1 heterocycles. The van der Waals surface area contributed by atoms with Crippen LogP contribution in [0, 0.1) is 0 Å². The molecule has 0 aliphatic carbocycles. The van der Waals surface area contributed by atoms with Gasteiger partial charge in [0.1, 0.15) is 0 Å². The predicted molar refractivity (Wildman–Crippen MR) is 87.7 cm³/mol. The lowest BCUT2D eigenvalue weighted by Gasteiger charge is -2.49. The Labute approximate surface area is 129 Å². The third-order valence-electron chi connectivity index (χ3n) is 4.56. The fourth-order valence-electron chi connectivity index (χ4n) is 3.98. The third kappa shape index (κ3) is 5.99. The highest BCUT2D eigenvalue weighted by atomic mass is 31.2. The van der Waals surface area contributed by atoms with Crippen LogP contribution < -0.4 is 10.6 Å². The Hall–Kier alpha value is 0.0700. The monoisotopic (exact) mass is 320 g/mol. The molecule has 0 saturated carbocycles. The predicted octanol–water partition coefficient (Wildman–Crippen LogP) is 2.62. The Morgan fingerprint density at radius 3 is 1.90 bits per heavy atom. The highest BCUT2D eigenvalue weighted by Gasteiger charge is 2.42. The second kappa shape index (κ2) is 6.29. The van der Waals surface area contributed by atoms with Gasteiger partial charge in [0.2, 0.25) is 0 Å². The number of nitrogens with one attached hydrogen (secondary N) is 2. The summed E-state index contributed by atoms with van der Waals surface area (Å²) in [4.78, 5) is 18.8. The largest absolute Gasteiger partial charge is 0.327 e. The summed E-state index contributed by atoms with van der Waals surface area (Å²) in [6, 6.07) is 0.266. The van der Waals surface area contributed by atoms with Gasteiger partial charge in [-0.2, -0.15) is 0 Å². The van der Waals surface area contributed by atoms with Crippen molar-refractivity contribution in [2.45, 2.75) is 89.9 Å². The van der Waals surface area contributed by atoms with Crippen LogP contribution in [0.2, 0.25) is 0 Å². The van der Waals surface area contributed by atoms with Crippen molar-refractivity contribution in [2.24, 2.45) is 0 Å². The topological polar surface area (TPSA) is 81.6 Å². The molecule has 4 N–H and O–H groups in total. The molecule has 0 bridgehead atoms. The van der Waals surface area contributed by atoms with E-state index in [1.54, 1.807) is 0 Å². The first-order valence-electron chi connectivity index (χ1n) is 7.94. The summed E-state index contributed by atoms with van der Waals surface area (Å²) in [6.45, 7) is 12.7. The lowest BCUT2D eigenvalue weighted by atomic mass is 9.78. The molecule has 0 spiro atoms. The average Bonchev–Trinajstić information content (AvgIpc) is 2.21. The van der Waals surface area contributed by atoms with Crippen molar-refractivity contribution >= 4 is 7.60 Å². The highest BCUT2D eigenvalue weighted by Crippen LogP contribution is 2.41. The minimum Gasteiger partial charge on any atom is -0.324 e. The summed E-state index contributed by atoms with van der Waals surface area (Å²) < 4.78 is 11.5. The standard InChI is InChI=1S/C15H33N2O3P/c1-7-15(8-2,11-21(18,19)20)16-12-9-13(3,4)17-14(5,6)10-12/h12,16-17H,7-11H2,1-6H3,(H2,18,19,20). The van der Waals surface area contributed by atoms with Gasteiger partial charge in [-0.25, -0.2) is 0 Å². The number of rotatable bonds is 6. The molecule has 5 nitrogen and oxygen atoms in total. The fourth-order valence-corrected chi connectivity index (χ4v) is 5.30. The summed E-state index contributed by atoms with van der Waals surface area (Å²) in [6.07, 6.45) is 3.27. The maximum Gasteiger partial charge on any atom is 0.327 e. The normalized spacial score (nSPS) is 23.2. The van der Waals surface area contributed by atoms with Gasteiger partial charge in [0.05, 0.1) is 6.16 Å². The molecule has 6 heteroatoms. The zero-order valence-corrected chi connectivity index (χ0v) is 15.3. The van der Waals surface area contributed by atoms with Crippen molar-refractivity contribution in [3.05, 3.63) is 0 Å². The number of hydrogen-bond acceptors (Lipinski definition) is 3. The van der Waals surface area contributed by atoms with Gasteiger partial charge in [0.25, 0.3) is 0 Å². The van der Waals surface area contributed by atoms with Crippen LogP contribution >= 0.6 is 7.60 Å². The van der Waals surface area contributed by atoms with Crippen molar-refractivity contribution in [1.82, 2.24) is 10.6 Å². The molecule has 0 aromatic carbocycles. The molecule has 0 radical (unpaired) electrons. The highest BCUT2D eigenvalue weighted by molar-refractivity contribution is 7.51. The van der Waals surface area contributed by atoms with Gasteiger partial charge >= 0.3 is 7.60 Å². The molecule has 0 amide bonds. The molecule has 0 aromatic rings. The van der Waals surface area contributed by atoms with Gasteiger partial charge in [0, 0.05) is 22.7 Å². The van der Waals surface area contributed by atoms with Crippen molar-refractivity contribution in [2.75, 3.05) is 6.16 Å². The van der Waals surface area contributed by atoms with E-state index in [9.17, 15) is 14.4 Å². The van der Waals surface area contributed by atoms with Gasteiger partial charge in [-0.15, -0.1) is 0 Å². The Kier molecular flexibility index (Phi) is 5.72. The second-order valence-corrected chi connectivity index (χ2v) is 9.60. The van der Waals surface area contributed by atoms with Crippen LogP contribution in [-0.4, -0.2) is 38.6 Å². The first-order chi connectivity index (χ1) is 9.32. The number of piperidine rings is 1. The van der Waals surface area contributed by atoms with Gasteiger partial charge in [0.15, 0.2) is 0 Å². The van der Waals surface area contributed by atoms with Crippen LogP contribution in [0.4, 0.5) is 0 Å². The molecule has 0 atom stereocenters. The zero-order valence-electron chi connectivity index (χ0n) is 14.4. The van der Waals surface area contributed by atoms with E-state index in [0.717, 1.165) is 25.7 Å². The van der Waals surface area contributed by atoms with Crippen molar-refractivity contribution in [3.63, 3.8) is 0 Å². The molecular formula is C15H33N2O3P. The summed E-state index contributed by atoms with van der Waals surface area (Å²) in [5.74, 6) is 0. The maximum absolute atomic E-state index is 11.5. The smallest absolute Gasteiger partial charge is 0.324 e. The quantitative estimate of drug-likeness (QED) is 0.566. The second-order valence-electron chi connectivity index (χ2n) is 7.95. The first kappa shape index (κ1) is 19.1. The number of hydrogen-bond donors (Lipinski definition) is 4. The lowest BCUT2D eigenvalue weighted by Crippen LogP contribution is -2.64. The molecule has 1 aliphatic rings. The molecule has 0 aromatic heterocycles. The third-order valence-corrected chi connectivity index (χ3v) is 5.58. The van der Waals surface area contributed by atoms with E-state index in [1.807, 2.05) is 13.8 Å². The molecule has 0 unspecified atom stereocenters. The fraction of sp³-hybridized carbons (Fsp3) is 1.00. The summed E-state index contributed by atoms with van der Waals surface area (Å²) in [5.41, 5.74) is -0.434. The van der Waals surface area contributed by atoms with E-state index in [-0.39, 0.29) is 23.3 Å². The van der Waals surface area contributed by atoms with Crippen LogP contribution in [0.5, 0.6) is 0 Å². The molecule has 126 valence electrons. The SMILES string of the molecule is CCC(CC)(CP(=O)(O)O)NC1CC(C)(C)NC(C)(C)C1.